The third-order valence-electron chi connectivity index (χ3n) is 3.73. The van der Waals surface area contributed by atoms with E-state index in [2.05, 4.69) is 41.5 Å². The smallest absolute Gasteiger partial charge is 0.0837 e. The summed E-state index contributed by atoms with van der Waals surface area (Å²) in [5, 5.41) is 0. The third-order valence-corrected chi connectivity index (χ3v) is 3.73. The molecule has 0 rings (SSSR count). The summed E-state index contributed by atoms with van der Waals surface area (Å²) in [5.41, 5.74) is 0.502. The second-order valence-electron chi connectivity index (χ2n) is 4.97. The molecule has 0 aliphatic heterocycles. The predicted molar refractivity (Wildman–Crippen MR) is 60.8 cm³/mol. The lowest BCUT2D eigenvalue weighted by molar-refractivity contribution is -0.929. The van der Waals surface area contributed by atoms with E-state index in [9.17, 15) is 0 Å². The van der Waals surface area contributed by atoms with Crippen LogP contribution in [0.25, 0.3) is 0 Å². The van der Waals surface area contributed by atoms with Crippen molar-refractivity contribution in [2.75, 3.05) is 26.2 Å². The van der Waals surface area contributed by atoms with E-state index >= 15 is 0 Å². The average Bonchev–Trinajstić information content (AvgIpc) is 2.14. The van der Waals surface area contributed by atoms with Gasteiger partial charge in [-0.15, -0.1) is 0 Å². The molecule has 0 aliphatic carbocycles. The summed E-state index contributed by atoms with van der Waals surface area (Å²) in [5.74, 6) is 0. The lowest BCUT2D eigenvalue weighted by atomic mass is 9.88. The Morgan fingerprint density at radius 1 is 0.846 bits per heavy atom. The zero-order valence-electron chi connectivity index (χ0n) is 10.5. The Morgan fingerprint density at radius 3 is 1.46 bits per heavy atom. The molecule has 0 aromatic carbocycles. The predicted octanol–water partition coefficient (Wildman–Crippen LogP) is 3.30. The van der Waals surface area contributed by atoms with Crippen LogP contribution in [0.1, 0.15) is 48.0 Å². The molecule has 0 atom stereocenters. The molecule has 1 nitrogen and oxygen atoms in total. The lowest BCUT2D eigenvalue weighted by Gasteiger charge is -2.41. The van der Waals surface area contributed by atoms with Crippen LogP contribution < -0.4 is 0 Å². The number of rotatable bonds is 6. The van der Waals surface area contributed by atoms with Crippen molar-refractivity contribution < 1.29 is 4.48 Å². The van der Waals surface area contributed by atoms with Gasteiger partial charge in [0.15, 0.2) is 0 Å². The first-order chi connectivity index (χ1) is 5.95. The van der Waals surface area contributed by atoms with E-state index in [1.54, 1.807) is 0 Å². The van der Waals surface area contributed by atoms with Gasteiger partial charge in [0.05, 0.1) is 26.2 Å². The summed E-state index contributed by atoms with van der Waals surface area (Å²) in [7, 11) is 0. The molecule has 80 valence electrons. The lowest BCUT2D eigenvalue weighted by Crippen LogP contribution is -2.52. The zero-order chi connectivity index (χ0) is 10.5. The molecule has 0 heterocycles. The molecule has 0 N–H and O–H groups in total. The molecule has 13 heavy (non-hydrogen) atoms. The van der Waals surface area contributed by atoms with Crippen molar-refractivity contribution in [1.29, 1.82) is 0 Å². The minimum absolute atomic E-state index is 0.502. The average molecular weight is 186 g/mol. The standard InChI is InChI=1S/C12H28N/c1-7-12(5,6)11-13(8-2,9-3)10-4/h7-11H2,1-6H3/q+1. The fourth-order valence-corrected chi connectivity index (χ4v) is 2.03. The van der Waals surface area contributed by atoms with Gasteiger partial charge in [-0.1, -0.05) is 20.8 Å². The normalized spacial score (nSPS) is 13.4. The first-order valence-electron chi connectivity index (χ1n) is 5.80. The highest BCUT2D eigenvalue weighted by molar-refractivity contribution is 4.65. The quantitative estimate of drug-likeness (QED) is 0.558. The van der Waals surface area contributed by atoms with Crippen LogP contribution in [-0.2, 0) is 0 Å². The Kier molecular flexibility index (Phi) is 4.98. The fraction of sp³-hybridized carbons (Fsp3) is 1.00. The second-order valence-corrected chi connectivity index (χ2v) is 4.97. The monoisotopic (exact) mass is 186 g/mol. The largest absolute Gasteiger partial charge is 0.324 e. The summed E-state index contributed by atoms with van der Waals surface area (Å²) in [6.07, 6.45) is 1.28. The van der Waals surface area contributed by atoms with Crippen molar-refractivity contribution >= 4 is 0 Å². The van der Waals surface area contributed by atoms with Gasteiger partial charge in [-0.25, -0.2) is 0 Å². The van der Waals surface area contributed by atoms with E-state index < -0.39 is 0 Å². The summed E-state index contributed by atoms with van der Waals surface area (Å²) in [6.45, 7) is 19.2. The van der Waals surface area contributed by atoms with Gasteiger partial charge in [0.2, 0.25) is 0 Å². The highest BCUT2D eigenvalue weighted by atomic mass is 15.3. The van der Waals surface area contributed by atoms with Crippen LogP contribution in [0.4, 0.5) is 0 Å². The van der Waals surface area contributed by atoms with E-state index in [1.807, 2.05) is 0 Å². The Hall–Kier alpha value is -0.0400. The summed E-state index contributed by atoms with van der Waals surface area (Å²) in [4.78, 5) is 0. The van der Waals surface area contributed by atoms with Gasteiger partial charge in [-0.05, 0) is 27.2 Å². The molecule has 0 amide bonds. The van der Waals surface area contributed by atoms with Crippen LogP contribution in [0, 0.1) is 5.41 Å². The fourth-order valence-electron chi connectivity index (χ4n) is 2.03. The van der Waals surface area contributed by atoms with Gasteiger partial charge in [0.25, 0.3) is 0 Å². The molecule has 0 radical (unpaired) electrons. The van der Waals surface area contributed by atoms with Crippen molar-refractivity contribution in [3.05, 3.63) is 0 Å². The number of hydrogen-bond donors (Lipinski definition) is 0. The van der Waals surface area contributed by atoms with E-state index in [4.69, 9.17) is 0 Å². The minimum atomic E-state index is 0.502. The van der Waals surface area contributed by atoms with Crippen molar-refractivity contribution in [1.82, 2.24) is 0 Å². The molecule has 0 aromatic heterocycles. The van der Waals surface area contributed by atoms with Crippen molar-refractivity contribution in [2.24, 2.45) is 5.41 Å². The van der Waals surface area contributed by atoms with Crippen molar-refractivity contribution in [3.8, 4) is 0 Å². The van der Waals surface area contributed by atoms with Gasteiger partial charge in [0.1, 0.15) is 0 Å². The first kappa shape index (κ1) is 13.0. The molecule has 0 saturated carbocycles. The molecule has 1 heteroatoms. The van der Waals surface area contributed by atoms with Crippen LogP contribution in [0.5, 0.6) is 0 Å². The summed E-state index contributed by atoms with van der Waals surface area (Å²) < 4.78 is 1.28. The molecule has 0 bridgehead atoms. The van der Waals surface area contributed by atoms with Gasteiger partial charge < -0.3 is 4.48 Å². The van der Waals surface area contributed by atoms with Crippen molar-refractivity contribution in [2.45, 2.75) is 48.0 Å². The van der Waals surface area contributed by atoms with Gasteiger partial charge in [-0.2, -0.15) is 0 Å². The topological polar surface area (TPSA) is 0 Å². The summed E-state index contributed by atoms with van der Waals surface area (Å²) in [6, 6.07) is 0. The highest BCUT2D eigenvalue weighted by Gasteiger charge is 2.29. The molecule has 0 aliphatic rings. The molecule has 0 fully saturated rings. The first-order valence-corrected chi connectivity index (χ1v) is 5.80. The van der Waals surface area contributed by atoms with E-state index in [0.29, 0.717) is 5.41 Å². The number of hydrogen-bond acceptors (Lipinski definition) is 0. The molecular weight excluding hydrogens is 158 g/mol. The third kappa shape index (κ3) is 3.68. The molecule has 0 unspecified atom stereocenters. The van der Waals surface area contributed by atoms with Gasteiger partial charge in [0, 0.05) is 5.41 Å². The van der Waals surface area contributed by atoms with Crippen LogP contribution in [0.15, 0.2) is 0 Å². The Bertz CT molecular complexity index is 126. The van der Waals surface area contributed by atoms with Crippen LogP contribution in [0.3, 0.4) is 0 Å². The van der Waals surface area contributed by atoms with E-state index in [1.165, 1.54) is 37.1 Å². The molecule has 0 aromatic rings. The molecule has 0 saturated heterocycles. The Balaban J connectivity index is 4.41. The maximum absolute atomic E-state index is 2.39. The highest BCUT2D eigenvalue weighted by Crippen LogP contribution is 2.25. The van der Waals surface area contributed by atoms with E-state index in [0.717, 1.165) is 0 Å². The Morgan fingerprint density at radius 2 is 1.23 bits per heavy atom. The molecule has 0 spiro atoms. The maximum Gasteiger partial charge on any atom is 0.0837 e. The Labute approximate surface area is 84.7 Å². The van der Waals surface area contributed by atoms with E-state index in [-0.39, 0.29) is 0 Å². The maximum atomic E-state index is 2.39. The molecular formula is C12H28N+. The number of nitrogens with zero attached hydrogens (tertiary/aromatic N) is 1. The van der Waals surface area contributed by atoms with Crippen molar-refractivity contribution in [3.63, 3.8) is 0 Å². The number of quaternary nitrogens is 1. The zero-order valence-corrected chi connectivity index (χ0v) is 10.5. The van der Waals surface area contributed by atoms with Gasteiger partial charge in [-0.3, -0.25) is 0 Å². The van der Waals surface area contributed by atoms with Crippen LogP contribution in [0.2, 0.25) is 0 Å². The van der Waals surface area contributed by atoms with Gasteiger partial charge >= 0.3 is 0 Å². The van der Waals surface area contributed by atoms with Crippen LogP contribution >= 0.6 is 0 Å². The summed E-state index contributed by atoms with van der Waals surface area (Å²) >= 11 is 0. The minimum Gasteiger partial charge on any atom is -0.324 e. The SMILES string of the molecule is CCC(C)(C)C[N+](CC)(CC)CC. The second kappa shape index (κ2) is 4.99. The van der Waals surface area contributed by atoms with Crippen LogP contribution in [-0.4, -0.2) is 30.7 Å².